The van der Waals surface area contributed by atoms with Gasteiger partial charge in [-0.25, -0.2) is 12.8 Å². The van der Waals surface area contributed by atoms with Crippen molar-refractivity contribution in [3.8, 4) is 0 Å². The van der Waals surface area contributed by atoms with E-state index in [0.717, 1.165) is 17.4 Å². The Hall–Kier alpha value is -2.41. The van der Waals surface area contributed by atoms with E-state index in [1.54, 1.807) is 0 Å². The van der Waals surface area contributed by atoms with Crippen LogP contribution >= 0.6 is 0 Å². The predicted molar refractivity (Wildman–Crippen MR) is 110 cm³/mol. The van der Waals surface area contributed by atoms with Crippen molar-refractivity contribution in [2.45, 2.75) is 39.7 Å². The fourth-order valence-corrected chi connectivity index (χ4v) is 4.15. The maximum absolute atomic E-state index is 13.1. The summed E-state index contributed by atoms with van der Waals surface area (Å²) in [5, 5.41) is 2.96. The highest BCUT2D eigenvalue weighted by atomic mass is 32.2. The van der Waals surface area contributed by atoms with Crippen LogP contribution in [-0.4, -0.2) is 27.1 Å². The number of nitrogens with one attached hydrogen (secondary N) is 1. The summed E-state index contributed by atoms with van der Waals surface area (Å²) in [4.78, 5) is 12.3. The molecule has 0 aliphatic rings. The Morgan fingerprint density at radius 2 is 1.79 bits per heavy atom. The molecule has 0 fully saturated rings. The standard InChI is InChI=1S/C21H27FN2O3S/c1-15-7-12-20(16(2)14-15)17(3)23-21(25)6-5-13-24(28(4,26)27)19-10-8-18(22)9-11-19/h7-12,14,17H,5-6,13H2,1-4H3,(H,23,25). The van der Waals surface area contributed by atoms with Gasteiger partial charge in [-0.15, -0.1) is 0 Å². The minimum absolute atomic E-state index is 0.129. The Morgan fingerprint density at radius 1 is 1.14 bits per heavy atom. The lowest BCUT2D eigenvalue weighted by molar-refractivity contribution is -0.121. The van der Waals surface area contributed by atoms with Gasteiger partial charge in [0.05, 0.1) is 18.0 Å². The van der Waals surface area contributed by atoms with Gasteiger partial charge in [0.25, 0.3) is 0 Å². The van der Waals surface area contributed by atoms with Gasteiger partial charge in [0.1, 0.15) is 5.82 Å². The lowest BCUT2D eigenvalue weighted by atomic mass is 10.00. The second-order valence-corrected chi connectivity index (χ2v) is 8.97. The highest BCUT2D eigenvalue weighted by Gasteiger charge is 2.18. The quantitative estimate of drug-likeness (QED) is 0.724. The molecule has 7 heteroatoms. The summed E-state index contributed by atoms with van der Waals surface area (Å²) in [5.41, 5.74) is 3.73. The normalized spacial score (nSPS) is 12.5. The number of aryl methyl sites for hydroxylation is 2. The molecule has 1 atom stereocenters. The van der Waals surface area contributed by atoms with E-state index in [2.05, 4.69) is 11.4 Å². The molecule has 1 amide bonds. The third-order valence-electron chi connectivity index (χ3n) is 4.55. The zero-order valence-corrected chi connectivity index (χ0v) is 17.5. The number of benzene rings is 2. The highest BCUT2D eigenvalue weighted by Crippen LogP contribution is 2.20. The molecule has 0 aliphatic heterocycles. The highest BCUT2D eigenvalue weighted by molar-refractivity contribution is 7.92. The molecular weight excluding hydrogens is 379 g/mol. The molecular formula is C21H27FN2O3S. The van der Waals surface area contributed by atoms with Crippen LogP contribution < -0.4 is 9.62 Å². The molecule has 2 aromatic carbocycles. The van der Waals surface area contributed by atoms with Crippen molar-refractivity contribution in [1.29, 1.82) is 0 Å². The van der Waals surface area contributed by atoms with Gasteiger partial charge in [-0.3, -0.25) is 9.10 Å². The SMILES string of the molecule is Cc1ccc(C(C)NC(=O)CCCN(c2ccc(F)cc2)S(C)(=O)=O)c(C)c1. The lowest BCUT2D eigenvalue weighted by Gasteiger charge is -2.22. The van der Waals surface area contributed by atoms with E-state index >= 15 is 0 Å². The maximum atomic E-state index is 13.1. The van der Waals surface area contributed by atoms with Crippen LogP contribution in [0.15, 0.2) is 42.5 Å². The van der Waals surface area contributed by atoms with Crippen molar-refractivity contribution in [2.75, 3.05) is 17.1 Å². The Balaban J connectivity index is 1.94. The number of carbonyl (C=O) groups is 1. The number of halogens is 1. The first-order chi connectivity index (χ1) is 13.1. The van der Waals surface area contributed by atoms with Gasteiger partial charge in [-0.1, -0.05) is 23.8 Å². The van der Waals surface area contributed by atoms with Crippen LogP contribution in [0.5, 0.6) is 0 Å². The van der Waals surface area contributed by atoms with Crippen molar-refractivity contribution in [1.82, 2.24) is 5.32 Å². The van der Waals surface area contributed by atoms with Crippen molar-refractivity contribution < 1.29 is 17.6 Å². The van der Waals surface area contributed by atoms with Crippen LogP contribution in [0.25, 0.3) is 0 Å². The molecule has 0 saturated carbocycles. The summed E-state index contributed by atoms with van der Waals surface area (Å²) in [7, 11) is -3.53. The molecule has 0 saturated heterocycles. The number of amides is 1. The fraction of sp³-hybridized carbons (Fsp3) is 0.381. The first kappa shape index (κ1) is 21.9. The van der Waals surface area contributed by atoms with E-state index in [-0.39, 0.29) is 24.9 Å². The van der Waals surface area contributed by atoms with Crippen molar-refractivity contribution >= 4 is 21.6 Å². The first-order valence-corrected chi connectivity index (χ1v) is 11.0. The van der Waals surface area contributed by atoms with E-state index in [1.807, 2.05) is 32.9 Å². The molecule has 0 bridgehead atoms. The van der Waals surface area contributed by atoms with Crippen LogP contribution in [0, 0.1) is 19.7 Å². The van der Waals surface area contributed by atoms with Gasteiger partial charge in [-0.2, -0.15) is 0 Å². The third kappa shape index (κ3) is 6.05. The second kappa shape index (κ2) is 9.19. The van der Waals surface area contributed by atoms with Crippen molar-refractivity contribution in [3.05, 3.63) is 65.0 Å². The zero-order valence-electron chi connectivity index (χ0n) is 16.7. The molecule has 0 heterocycles. The minimum Gasteiger partial charge on any atom is -0.350 e. The smallest absolute Gasteiger partial charge is 0.232 e. The Labute approximate surface area is 166 Å². The minimum atomic E-state index is -3.53. The van der Waals surface area contributed by atoms with Crippen LogP contribution in [0.1, 0.15) is 42.5 Å². The van der Waals surface area contributed by atoms with Gasteiger partial charge in [0, 0.05) is 13.0 Å². The van der Waals surface area contributed by atoms with E-state index in [4.69, 9.17) is 0 Å². The third-order valence-corrected chi connectivity index (χ3v) is 5.74. The molecule has 5 nitrogen and oxygen atoms in total. The zero-order chi connectivity index (χ0) is 20.9. The second-order valence-electron chi connectivity index (χ2n) is 7.06. The molecule has 0 spiro atoms. The summed E-state index contributed by atoms with van der Waals surface area (Å²) < 4.78 is 38.4. The number of hydrogen-bond acceptors (Lipinski definition) is 3. The number of anilines is 1. The molecule has 1 unspecified atom stereocenters. The van der Waals surface area contributed by atoms with E-state index in [1.165, 1.54) is 34.1 Å². The Bertz CT molecular complexity index is 927. The largest absolute Gasteiger partial charge is 0.350 e. The van der Waals surface area contributed by atoms with Gasteiger partial charge < -0.3 is 5.32 Å². The van der Waals surface area contributed by atoms with E-state index in [9.17, 15) is 17.6 Å². The van der Waals surface area contributed by atoms with Crippen LogP contribution in [0.4, 0.5) is 10.1 Å². The number of nitrogens with zero attached hydrogens (tertiary/aromatic N) is 1. The average Bonchev–Trinajstić information content (AvgIpc) is 2.58. The summed E-state index contributed by atoms with van der Waals surface area (Å²) in [6.45, 7) is 6.11. The van der Waals surface area contributed by atoms with E-state index in [0.29, 0.717) is 12.1 Å². The molecule has 152 valence electrons. The number of carbonyl (C=O) groups excluding carboxylic acids is 1. The molecule has 1 N–H and O–H groups in total. The molecule has 28 heavy (non-hydrogen) atoms. The Kier molecular flexibility index (Phi) is 7.18. The monoisotopic (exact) mass is 406 g/mol. The summed E-state index contributed by atoms with van der Waals surface area (Å²) in [6.07, 6.45) is 1.65. The molecule has 2 rings (SSSR count). The number of sulfonamides is 1. The van der Waals surface area contributed by atoms with E-state index < -0.39 is 15.8 Å². The molecule has 0 aliphatic carbocycles. The van der Waals surface area contributed by atoms with Crippen LogP contribution in [-0.2, 0) is 14.8 Å². The number of hydrogen-bond donors (Lipinski definition) is 1. The summed E-state index contributed by atoms with van der Waals surface area (Å²) in [6, 6.07) is 11.2. The molecule has 2 aromatic rings. The van der Waals surface area contributed by atoms with Crippen LogP contribution in [0.2, 0.25) is 0 Å². The summed E-state index contributed by atoms with van der Waals surface area (Å²) >= 11 is 0. The van der Waals surface area contributed by atoms with Crippen LogP contribution in [0.3, 0.4) is 0 Å². The predicted octanol–water partition coefficient (Wildman–Crippen LogP) is 3.87. The Morgan fingerprint density at radius 3 is 2.36 bits per heavy atom. The van der Waals surface area contributed by atoms with Gasteiger partial charge >= 0.3 is 0 Å². The maximum Gasteiger partial charge on any atom is 0.232 e. The van der Waals surface area contributed by atoms with Crippen molar-refractivity contribution in [2.24, 2.45) is 0 Å². The number of rotatable bonds is 8. The summed E-state index contributed by atoms with van der Waals surface area (Å²) in [5.74, 6) is -0.572. The fourth-order valence-electron chi connectivity index (χ4n) is 3.18. The topological polar surface area (TPSA) is 66.5 Å². The van der Waals surface area contributed by atoms with Gasteiger partial charge in [-0.05, 0) is 62.6 Å². The first-order valence-electron chi connectivity index (χ1n) is 9.17. The average molecular weight is 407 g/mol. The lowest BCUT2D eigenvalue weighted by Crippen LogP contribution is -2.32. The van der Waals surface area contributed by atoms with Gasteiger partial charge in [0.2, 0.25) is 15.9 Å². The molecule has 0 radical (unpaired) electrons. The van der Waals surface area contributed by atoms with Crippen molar-refractivity contribution in [3.63, 3.8) is 0 Å². The van der Waals surface area contributed by atoms with Gasteiger partial charge in [0.15, 0.2) is 0 Å². The molecule has 0 aromatic heterocycles.